The van der Waals surface area contributed by atoms with Crippen molar-refractivity contribution in [3.8, 4) is 0 Å². The second-order valence-corrected chi connectivity index (χ2v) is 18.7. The Balaban J connectivity index is 1.27. The van der Waals surface area contributed by atoms with Crippen LogP contribution in [0, 0.1) is 21.7 Å². The Morgan fingerprint density at radius 1 is 0.439 bits per heavy atom. The second kappa shape index (κ2) is 7.89. The van der Waals surface area contributed by atoms with Crippen molar-refractivity contribution in [1.29, 1.82) is 0 Å². The van der Waals surface area contributed by atoms with E-state index in [0.29, 0.717) is 33.5 Å². The molecule has 0 radical (unpaired) electrons. The van der Waals surface area contributed by atoms with Crippen molar-refractivity contribution < 1.29 is 0 Å². The summed E-state index contributed by atoms with van der Waals surface area (Å²) >= 11 is 0. The highest BCUT2D eigenvalue weighted by Crippen LogP contribution is 2.59. The van der Waals surface area contributed by atoms with Gasteiger partial charge in [-0.3, -0.25) is 0 Å². The lowest BCUT2D eigenvalue weighted by Gasteiger charge is -2.27. The first kappa shape index (κ1) is 26.5. The van der Waals surface area contributed by atoms with Gasteiger partial charge in [0, 0.05) is 11.8 Å². The quantitative estimate of drug-likeness (QED) is 0.353. The van der Waals surface area contributed by atoms with Gasteiger partial charge in [-0.15, -0.1) is 0 Å². The summed E-state index contributed by atoms with van der Waals surface area (Å²) in [5.41, 5.74) is 25.7. The first-order chi connectivity index (χ1) is 19.0. The van der Waals surface area contributed by atoms with Crippen molar-refractivity contribution in [3.05, 3.63) is 77.9 Å². The molecular formula is C41H52. The molecule has 0 saturated carbocycles. The fourth-order valence-corrected chi connectivity index (χ4v) is 10.8. The topological polar surface area (TPSA) is 0 Å². The summed E-state index contributed by atoms with van der Waals surface area (Å²) < 4.78 is 0. The summed E-state index contributed by atoms with van der Waals surface area (Å²) in [7, 11) is 0. The minimum absolute atomic E-state index is 0.383. The Kier molecular flexibility index (Phi) is 5.11. The Bertz CT molecular complexity index is 1500. The van der Waals surface area contributed by atoms with Gasteiger partial charge in [-0.2, -0.15) is 0 Å². The molecule has 0 fully saturated rings. The highest BCUT2D eigenvalue weighted by molar-refractivity contribution is 5.78. The van der Waals surface area contributed by atoms with Crippen LogP contribution in [0.25, 0.3) is 12.2 Å². The van der Waals surface area contributed by atoms with Crippen LogP contribution in [0.4, 0.5) is 0 Å². The molecule has 2 aromatic rings. The summed E-state index contributed by atoms with van der Waals surface area (Å²) in [4.78, 5) is 0. The SMILES string of the molecule is CC1=Cc2c3c(c4c(c2C1CC1C(C)=Cc2c5c(c6c(c21)CC(C)(C)C6)CC(C)(C)C5)CC(C)(C)C4)CC(C)(C)C3. The molecule has 2 atom stereocenters. The molecule has 0 aliphatic heterocycles. The highest BCUT2D eigenvalue weighted by Gasteiger charge is 2.46. The van der Waals surface area contributed by atoms with E-state index in [-0.39, 0.29) is 0 Å². The van der Waals surface area contributed by atoms with Gasteiger partial charge in [0.15, 0.2) is 0 Å². The number of rotatable bonds is 2. The van der Waals surface area contributed by atoms with E-state index in [2.05, 4.69) is 81.4 Å². The van der Waals surface area contributed by atoms with E-state index in [1.54, 1.807) is 77.9 Å². The van der Waals surface area contributed by atoms with Gasteiger partial charge in [0.1, 0.15) is 0 Å². The van der Waals surface area contributed by atoms with Gasteiger partial charge in [0.2, 0.25) is 0 Å². The van der Waals surface area contributed by atoms with Gasteiger partial charge in [-0.05, 0) is 160 Å². The molecule has 2 aromatic carbocycles. The van der Waals surface area contributed by atoms with Crippen molar-refractivity contribution in [3.63, 3.8) is 0 Å². The van der Waals surface area contributed by atoms with E-state index in [1.165, 1.54) is 57.8 Å². The average molecular weight is 545 g/mol. The molecule has 0 N–H and O–H groups in total. The molecule has 0 bridgehead atoms. The molecule has 0 spiro atoms. The van der Waals surface area contributed by atoms with Crippen LogP contribution in [0.2, 0.25) is 0 Å². The smallest absolute Gasteiger partial charge is 0.00665 e. The molecule has 6 aliphatic rings. The molecule has 6 aliphatic carbocycles. The standard InChI is InChI=1S/C41H52/c1-22-11-26-28-14-38(3,4)16-30(28)32-18-40(7,8)20-34(32)36(26)24(22)13-25-23(2)12-27-29-15-39(5,6)17-31(29)33-19-41(9,10)21-35(33)37(25)27/h11-12,24-25H,13-21H2,1-10H3. The third-order valence-corrected chi connectivity index (χ3v) is 12.3. The molecule has 8 rings (SSSR count). The van der Waals surface area contributed by atoms with E-state index in [4.69, 9.17) is 0 Å². The maximum absolute atomic E-state index is 2.65. The van der Waals surface area contributed by atoms with Crippen LogP contribution in [0.1, 0.15) is 154 Å². The van der Waals surface area contributed by atoms with Crippen molar-refractivity contribution >= 4 is 12.2 Å². The fraction of sp³-hybridized carbons (Fsp3) is 0.610. The maximum Gasteiger partial charge on any atom is 0.00665 e. The third kappa shape index (κ3) is 3.77. The fourth-order valence-electron chi connectivity index (χ4n) is 10.8. The van der Waals surface area contributed by atoms with Crippen molar-refractivity contribution in [1.82, 2.24) is 0 Å². The lowest BCUT2D eigenvalue weighted by molar-refractivity contribution is 0.382. The molecular weight excluding hydrogens is 492 g/mol. The van der Waals surface area contributed by atoms with Crippen LogP contribution in [-0.4, -0.2) is 0 Å². The number of benzene rings is 2. The zero-order valence-electron chi connectivity index (χ0n) is 27.7. The molecule has 41 heavy (non-hydrogen) atoms. The lowest BCUT2D eigenvalue weighted by Crippen LogP contribution is -2.13. The molecule has 0 saturated heterocycles. The van der Waals surface area contributed by atoms with Crippen molar-refractivity contribution in [2.24, 2.45) is 21.7 Å². The third-order valence-electron chi connectivity index (χ3n) is 12.3. The largest absolute Gasteiger partial charge is 0.0651 e. The zero-order chi connectivity index (χ0) is 29.0. The molecule has 0 aromatic heterocycles. The Morgan fingerprint density at radius 2 is 0.707 bits per heavy atom. The normalized spacial score (nSPS) is 28.1. The molecule has 0 heterocycles. The van der Waals surface area contributed by atoms with Crippen molar-refractivity contribution in [2.45, 2.75) is 139 Å². The van der Waals surface area contributed by atoms with Crippen LogP contribution in [-0.2, 0) is 51.4 Å². The molecule has 2 unspecified atom stereocenters. The minimum Gasteiger partial charge on any atom is -0.0651 e. The first-order valence-electron chi connectivity index (χ1n) is 16.8. The van der Waals surface area contributed by atoms with Gasteiger partial charge >= 0.3 is 0 Å². The minimum atomic E-state index is 0.383. The Labute approximate surface area is 250 Å². The molecule has 0 nitrogen and oxygen atoms in total. The van der Waals surface area contributed by atoms with Crippen LogP contribution >= 0.6 is 0 Å². The second-order valence-electron chi connectivity index (χ2n) is 18.7. The monoisotopic (exact) mass is 544 g/mol. The summed E-state index contributed by atoms with van der Waals surface area (Å²) in [6.45, 7) is 25.0. The van der Waals surface area contributed by atoms with E-state index >= 15 is 0 Å². The Hall–Kier alpha value is -2.08. The van der Waals surface area contributed by atoms with Gasteiger partial charge in [0.25, 0.3) is 0 Å². The molecule has 216 valence electrons. The lowest BCUT2D eigenvalue weighted by atomic mass is 9.77. The van der Waals surface area contributed by atoms with Gasteiger partial charge < -0.3 is 0 Å². The molecule has 0 amide bonds. The maximum atomic E-state index is 2.65. The zero-order valence-corrected chi connectivity index (χ0v) is 27.7. The van der Waals surface area contributed by atoms with E-state index < -0.39 is 0 Å². The summed E-state index contributed by atoms with van der Waals surface area (Å²) in [5.74, 6) is 1.13. The van der Waals surface area contributed by atoms with E-state index in [9.17, 15) is 0 Å². The number of hydrogen-bond donors (Lipinski definition) is 0. The summed E-state index contributed by atoms with van der Waals surface area (Å²) in [6, 6.07) is 0. The first-order valence-corrected chi connectivity index (χ1v) is 16.8. The number of allylic oxidation sites excluding steroid dienone is 2. The van der Waals surface area contributed by atoms with Crippen molar-refractivity contribution in [2.75, 3.05) is 0 Å². The Morgan fingerprint density at radius 3 is 1.05 bits per heavy atom. The number of fused-ring (bicyclic) bond motifs is 12. The van der Waals surface area contributed by atoms with Gasteiger partial charge in [-0.25, -0.2) is 0 Å². The van der Waals surface area contributed by atoms with E-state index in [1.807, 2.05) is 0 Å². The van der Waals surface area contributed by atoms with Gasteiger partial charge in [0.05, 0.1) is 0 Å². The predicted octanol–water partition coefficient (Wildman–Crippen LogP) is 10.3. The molecule has 0 heteroatoms. The summed E-state index contributed by atoms with van der Waals surface area (Å²) in [6.07, 6.45) is 16.7. The van der Waals surface area contributed by atoms with Crippen LogP contribution in [0.5, 0.6) is 0 Å². The van der Waals surface area contributed by atoms with Gasteiger partial charge in [-0.1, -0.05) is 78.7 Å². The van der Waals surface area contributed by atoms with Crippen LogP contribution < -0.4 is 0 Å². The van der Waals surface area contributed by atoms with Crippen LogP contribution in [0.15, 0.2) is 11.1 Å². The number of hydrogen-bond acceptors (Lipinski definition) is 0. The van der Waals surface area contributed by atoms with Crippen LogP contribution in [0.3, 0.4) is 0 Å². The highest BCUT2D eigenvalue weighted by atomic mass is 14.5. The average Bonchev–Trinajstić information content (AvgIpc) is 3.63. The van der Waals surface area contributed by atoms with E-state index in [0.717, 1.165) is 0 Å². The predicted molar refractivity (Wildman–Crippen MR) is 175 cm³/mol. The summed E-state index contributed by atoms with van der Waals surface area (Å²) in [5, 5.41) is 0.